The van der Waals surface area contributed by atoms with Gasteiger partial charge in [0.05, 0.1) is 17.8 Å². The van der Waals surface area contributed by atoms with E-state index in [-0.39, 0.29) is 0 Å². The van der Waals surface area contributed by atoms with Crippen LogP contribution in [0.1, 0.15) is 5.69 Å². The monoisotopic (exact) mass is 233 g/mol. The Hall–Kier alpha value is -1.99. The summed E-state index contributed by atoms with van der Waals surface area (Å²) in [6.07, 6.45) is 0. The zero-order valence-electron chi connectivity index (χ0n) is 8.49. The highest BCUT2D eigenvalue weighted by molar-refractivity contribution is 6.33. The molecule has 1 aromatic heterocycles. The van der Waals surface area contributed by atoms with E-state index in [0.717, 1.165) is 5.56 Å². The quantitative estimate of drug-likeness (QED) is 0.867. The highest BCUT2D eigenvalue weighted by Crippen LogP contribution is 2.30. The van der Waals surface area contributed by atoms with Crippen molar-refractivity contribution in [3.8, 4) is 23.1 Å². The molecule has 0 unspecified atom stereocenters. The van der Waals surface area contributed by atoms with E-state index in [2.05, 4.69) is 10.2 Å². The Balaban J connectivity index is 2.45. The number of methoxy groups -OCH3 is 1. The number of hydrogen-bond donors (Lipinski definition) is 1. The summed E-state index contributed by atoms with van der Waals surface area (Å²) in [6.45, 7) is 0. The number of aromatic amines is 1. The molecule has 0 aliphatic carbocycles. The number of nitrogens with one attached hydrogen (secondary N) is 1. The number of aromatic nitrogens is 2. The standard InChI is InChI=1S/C11H8ClN3O/c1-16-8-2-3-9(10(12)5-8)11-4-7(6-13)14-15-11/h2-5H,1H3,(H,14,15). The van der Waals surface area contributed by atoms with E-state index < -0.39 is 0 Å². The normalized spacial score (nSPS) is 9.81. The van der Waals surface area contributed by atoms with Gasteiger partial charge in [0.2, 0.25) is 0 Å². The number of nitrogens with zero attached hydrogens (tertiary/aromatic N) is 2. The summed E-state index contributed by atoms with van der Waals surface area (Å²) in [7, 11) is 1.58. The minimum atomic E-state index is 0.335. The average molecular weight is 234 g/mol. The third-order valence-electron chi connectivity index (χ3n) is 2.16. The number of rotatable bonds is 2. The van der Waals surface area contributed by atoms with Crippen LogP contribution >= 0.6 is 11.6 Å². The molecule has 0 radical (unpaired) electrons. The zero-order chi connectivity index (χ0) is 11.5. The summed E-state index contributed by atoms with van der Waals surface area (Å²) < 4.78 is 5.05. The second-order valence-electron chi connectivity index (χ2n) is 3.12. The van der Waals surface area contributed by atoms with Crippen molar-refractivity contribution >= 4 is 11.6 Å². The zero-order valence-corrected chi connectivity index (χ0v) is 9.25. The van der Waals surface area contributed by atoms with E-state index in [1.807, 2.05) is 12.1 Å². The van der Waals surface area contributed by atoms with Crippen LogP contribution in [0.5, 0.6) is 5.75 Å². The molecule has 2 rings (SSSR count). The maximum atomic E-state index is 8.66. The van der Waals surface area contributed by atoms with Gasteiger partial charge in [-0.05, 0) is 18.2 Å². The van der Waals surface area contributed by atoms with Gasteiger partial charge in [-0.25, -0.2) is 0 Å². The van der Waals surface area contributed by atoms with Gasteiger partial charge < -0.3 is 4.74 Å². The fraction of sp³-hybridized carbons (Fsp3) is 0.0909. The molecule has 0 saturated heterocycles. The molecule has 80 valence electrons. The van der Waals surface area contributed by atoms with Gasteiger partial charge in [-0.1, -0.05) is 11.6 Å². The molecule has 0 bridgehead atoms. The van der Waals surface area contributed by atoms with Crippen molar-refractivity contribution in [3.63, 3.8) is 0 Å². The van der Waals surface area contributed by atoms with Crippen LogP contribution in [0.3, 0.4) is 0 Å². The van der Waals surface area contributed by atoms with Crippen molar-refractivity contribution in [3.05, 3.63) is 35.0 Å². The van der Waals surface area contributed by atoms with Crippen LogP contribution in [0, 0.1) is 11.3 Å². The van der Waals surface area contributed by atoms with E-state index in [4.69, 9.17) is 21.6 Å². The lowest BCUT2D eigenvalue weighted by molar-refractivity contribution is 0.415. The first-order valence-electron chi connectivity index (χ1n) is 4.54. The van der Waals surface area contributed by atoms with Crippen LogP contribution < -0.4 is 4.74 Å². The van der Waals surface area contributed by atoms with Crippen LogP contribution in [0.25, 0.3) is 11.3 Å². The molecule has 0 amide bonds. The van der Waals surface area contributed by atoms with E-state index in [0.29, 0.717) is 22.2 Å². The molecular weight excluding hydrogens is 226 g/mol. The summed E-state index contributed by atoms with van der Waals surface area (Å²) in [6, 6.07) is 8.92. The highest BCUT2D eigenvalue weighted by Gasteiger charge is 2.08. The van der Waals surface area contributed by atoms with Crippen molar-refractivity contribution in [2.45, 2.75) is 0 Å². The smallest absolute Gasteiger partial charge is 0.162 e. The fourth-order valence-corrected chi connectivity index (χ4v) is 1.63. The van der Waals surface area contributed by atoms with E-state index in [1.165, 1.54) is 0 Å². The van der Waals surface area contributed by atoms with Crippen molar-refractivity contribution in [1.29, 1.82) is 5.26 Å². The van der Waals surface area contributed by atoms with Crippen molar-refractivity contribution in [1.82, 2.24) is 10.2 Å². The molecule has 0 aliphatic heterocycles. The van der Waals surface area contributed by atoms with Crippen LogP contribution in [-0.4, -0.2) is 17.3 Å². The minimum absolute atomic E-state index is 0.335. The topological polar surface area (TPSA) is 61.7 Å². The van der Waals surface area contributed by atoms with Gasteiger partial charge >= 0.3 is 0 Å². The lowest BCUT2D eigenvalue weighted by Crippen LogP contribution is -1.84. The maximum Gasteiger partial charge on any atom is 0.162 e. The van der Waals surface area contributed by atoms with Gasteiger partial charge in [0.1, 0.15) is 11.8 Å². The Bertz CT molecular complexity index is 557. The summed E-state index contributed by atoms with van der Waals surface area (Å²) in [5, 5.41) is 15.8. The molecular formula is C11H8ClN3O. The van der Waals surface area contributed by atoms with E-state index in [1.54, 1.807) is 25.3 Å². The predicted octanol–water partition coefficient (Wildman–Crippen LogP) is 2.61. The van der Waals surface area contributed by atoms with Gasteiger partial charge in [0.15, 0.2) is 5.69 Å². The van der Waals surface area contributed by atoms with Gasteiger partial charge in [0, 0.05) is 11.6 Å². The lowest BCUT2D eigenvalue weighted by Gasteiger charge is -2.04. The molecule has 1 heterocycles. The fourth-order valence-electron chi connectivity index (χ4n) is 1.36. The largest absolute Gasteiger partial charge is 0.497 e. The number of H-pyrrole nitrogens is 1. The Morgan fingerprint density at radius 1 is 1.44 bits per heavy atom. The summed E-state index contributed by atoms with van der Waals surface area (Å²) in [5.74, 6) is 0.689. The van der Waals surface area contributed by atoms with E-state index >= 15 is 0 Å². The van der Waals surface area contributed by atoms with E-state index in [9.17, 15) is 0 Å². The molecule has 16 heavy (non-hydrogen) atoms. The minimum Gasteiger partial charge on any atom is -0.497 e. The first-order chi connectivity index (χ1) is 7.74. The van der Waals surface area contributed by atoms with Crippen molar-refractivity contribution in [2.75, 3.05) is 7.11 Å². The molecule has 4 nitrogen and oxygen atoms in total. The number of benzene rings is 1. The second-order valence-corrected chi connectivity index (χ2v) is 3.53. The maximum absolute atomic E-state index is 8.66. The molecule has 0 spiro atoms. The molecule has 0 aliphatic rings. The first kappa shape index (κ1) is 10.5. The Morgan fingerprint density at radius 3 is 2.81 bits per heavy atom. The third kappa shape index (κ3) is 1.86. The highest BCUT2D eigenvalue weighted by atomic mass is 35.5. The van der Waals surface area contributed by atoms with Gasteiger partial charge in [-0.3, -0.25) is 5.10 Å². The third-order valence-corrected chi connectivity index (χ3v) is 2.47. The average Bonchev–Trinajstić information content (AvgIpc) is 2.77. The Morgan fingerprint density at radius 2 is 2.25 bits per heavy atom. The molecule has 2 aromatic rings. The number of hydrogen-bond acceptors (Lipinski definition) is 3. The second kappa shape index (κ2) is 4.25. The molecule has 1 N–H and O–H groups in total. The predicted molar refractivity (Wildman–Crippen MR) is 60.3 cm³/mol. The molecule has 5 heteroatoms. The molecule has 0 saturated carbocycles. The number of nitriles is 1. The summed E-state index contributed by atoms with van der Waals surface area (Å²) >= 11 is 6.08. The number of ether oxygens (including phenoxy) is 1. The van der Waals surface area contributed by atoms with Crippen molar-refractivity contribution in [2.24, 2.45) is 0 Å². The SMILES string of the molecule is COc1ccc(-c2cc(C#N)n[nH]2)c(Cl)c1. The number of halogens is 1. The molecule has 0 fully saturated rings. The van der Waals surface area contributed by atoms with Crippen LogP contribution in [0.2, 0.25) is 5.02 Å². The molecule has 1 aromatic carbocycles. The Labute approximate surface area is 97.4 Å². The molecule has 0 atom stereocenters. The van der Waals surface area contributed by atoms with Crippen LogP contribution in [-0.2, 0) is 0 Å². The summed E-state index contributed by atoms with van der Waals surface area (Å²) in [5.41, 5.74) is 1.84. The van der Waals surface area contributed by atoms with Crippen LogP contribution in [0.4, 0.5) is 0 Å². The van der Waals surface area contributed by atoms with Gasteiger partial charge in [-0.15, -0.1) is 0 Å². The first-order valence-corrected chi connectivity index (χ1v) is 4.92. The lowest BCUT2D eigenvalue weighted by atomic mass is 10.1. The van der Waals surface area contributed by atoms with Gasteiger partial charge in [0.25, 0.3) is 0 Å². The van der Waals surface area contributed by atoms with Crippen molar-refractivity contribution < 1.29 is 4.74 Å². The Kier molecular flexibility index (Phi) is 2.80. The van der Waals surface area contributed by atoms with Crippen LogP contribution in [0.15, 0.2) is 24.3 Å². The summed E-state index contributed by atoms with van der Waals surface area (Å²) in [4.78, 5) is 0. The van der Waals surface area contributed by atoms with Gasteiger partial charge in [-0.2, -0.15) is 10.4 Å².